The molecule has 0 radical (unpaired) electrons. The number of carbonyl (C=O) groups is 2. The highest BCUT2D eigenvalue weighted by Gasteiger charge is 2.22. The van der Waals surface area contributed by atoms with Gasteiger partial charge in [0.2, 0.25) is 0 Å². The SMILES string of the molecule is CC[C@@H](NC(=O)c1c(C)c(C)n[nH]c1=O)C(=O)O. The lowest BCUT2D eigenvalue weighted by atomic mass is 10.1. The van der Waals surface area contributed by atoms with Gasteiger partial charge in [0.25, 0.3) is 11.5 Å². The van der Waals surface area contributed by atoms with E-state index in [1.807, 2.05) is 0 Å². The predicted octanol–water partition coefficient (Wildman–Crippen LogP) is -0.0203. The van der Waals surface area contributed by atoms with Crippen LogP contribution in [0.1, 0.15) is 35.0 Å². The molecule has 18 heavy (non-hydrogen) atoms. The van der Waals surface area contributed by atoms with Crippen molar-refractivity contribution in [3.8, 4) is 0 Å². The smallest absolute Gasteiger partial charge is 0.326 e. The maximum Gasteiger partial charge on any atom is 0.326 e. The van der Waals surface area contributed by atoms with E-state index in [-0.39, 0.29) is 12.0 Å². The molecule has 1 aromatic heterocycles. The minimum Gasteiger partial charge on any atom is -0.480 e. The van der Waals surface area contributed by atoms with Gasteiger partial charge in [-0.15, -0.1) is 0 Å². The number of aliphatic carboxylic acids is 1. The third-order valence-electron chi connectivity index (χ3n) is 2.71. The van der Waals surface area contributed by atoms with Crippen molar-refractivity contribution in [3.63, 3.8) is 0 Å². The quantitative estimate of drug-likeness (QED) is 0.698. The molecule has 0 aliphatic rings. The molecular formula is C11H15N3O4. The van der Waals surface area contributed by atoms with Gasteiger partial charge >= 0.3 is 5.97 Å². The van der Waals surface area contributed by atoms with Crippen molar-refractivity contribution in [2.75, 3.05) is 0 Å². The van der Waals surface area contributed by atoms with Crippen LogP contribution in [0.4, 0.5) is 0 Å². The lowest BCUT2D eigenvalue weighted by Crippen LogP contribution is -2.42. The Hall–Kier alpha value is -2.18. The average molecular weight is 253 g/mol. The highest BCUT2D eigenvalue weighted by Crippen LogP contribution is 2.05. The number of aryl methyl sites for hydroxylation is 1. The van der Waals surface area contributed by atoms with E-state index >= 15 is 0 Å². The summed E-state index contributed by atoms with van der Waals surface area (Å²) in [5, 5.41) is 17.1. The molecule has 0 fully saturated rings. The normalized spacial score (nSPS) is 11.9. The number of carboxylic acid groups (broad SMARTS) is 1. The molecular weight excluding hydrogens is 238 g/mol. The van der Waals surface area contributed by atoms with E-state index in [0.717, 1.165) is 0 Å². The minimum atomic E-state index is -1.13. The summed E-state index contributed by atoms with van der Waals surface area (Å²) >= 11 is 0. The molecule has 0 aliphatic carbocycles. The van der Waals surface area contributed by atoms with E-state index in [1.165, 1.54) is 0 Å². The van der Waals surface area contributed by atoms with Gasteiger partial charge in [-0.1, -0.05) is 6.92 Å². The van der Waals surface area contributed by atoms with Crippen LogP contribution in [-0.4, -0.2) is 33.2 Å². The summed E-state index contributed by atoms with van der Waals surface area (Å²) in [5.74, 6) is -1.83. The van der Waals surface area contributed by atoms with Gasteiger partial charge in [0.1, 0.15) is 11.6 Å². The number of aromatic nitrogens is 2. The van der Waals surface area contributed by atoms with Crippen LogP contribution in [0, 0.1) is 13.8 Å². The molecule has 7 nitrogen and oxygen atoms in total. The second kappa shape index (κ2) is 5.44. The van der Waals surface area contributed by atoms with E-state index < -0.39 is 23.5 Å². The lowest BCUT2D eigenvalue weighted by Gasteiger charge is -2.13. The number of aromatic amines is 1. The fourth-order valence-corrected chi connectivity index (χ4v) is 1.47. The Morgan fingerprint density at radius 3 is 2.56 bits per heavy atom. The van der Waals surface area contributed by atoms with Crippen LogP contribution in [-0.2, 0) is 4.79 Å². The number of nitrogens with zero attached hydrogens (tertiary/aromatic N) is 1. The van der Waals surface area contributed by atoms with Crippen LogP contribution in [0.5, 0.6) is 0 Å². The maximum absolute atomic E-state index is 11.9. The van der Waals surface area contributed by atoms with Crippen molar-refractivity contribution >= 4 is 11.9 Å². The van der Waals surface area contributed by atoms with Gasteiger partial charge in [-0.05, 0) is 25.8 Å². The second-order valence-corrected chi connectivity index (χ2v) is 3.91. The molecule has 1 heterocycles. The number of hydrogen-bond acceptors (Lipinski definition) is 4. The largest absolute Gasteiger partial charge is 0.480 e. The number of H-pyrrole nitrogens is 1. The summed E-state index contributed by atoms with van der Waals surface area (Å²) in [4.78, 5) is 34.3. The van der Waals surface area contributed by atoms with Crippen LogP contribution in [0.15, 0.2) is 4.79 Å². The molecule has 0 bridgehead atoms. The molecule has 0 aliphatic heterocycles. The summed E-state index contributed by atoms with van der Waals surface area (Å²) in [6.45, 7) is 4.87. The van der Waals surface area contributed by atoms with Crippen molar-refractivity contribution in [2.24, 2.45) is 0 Å². The van der Waals surface area contributed by atoms with E-state index in [2.05, 4.69) is 15.5 Å². The summed E-state index contributed by atoms with van der Waals surface area (Å²) in [5.41, 5.74) is 0.234. The summed E-state index contributed by atoms with van der Waals surface area (Å²) < 4.78 is 0. The third-order valence-corrected chi connectivity index (χ3v) is 2.71. The molecule has 7 heteroatoms. The number of nitrogens with one attached hydrogen (secondary N) is 2. The Bertz CT molecular complexity index is 536. The molecule has 0 aromatic carbocycles. The first-order valence-corrected chi connectivity index (χ1v) is 5.48. The number of amides is 1. The van der Waals surface area contributed by atoms with Gasteiger partial charge in [-0.2, -0.15) is 5.10 Å². The molecule has 1 amide bonds. The van der Waals surface area contributed by atoms with Crippen LogP contribution < -0.4 is 10.9 Å². The number of rotatable bonds is 4. The Kier molecular flexibility index (Phi) is 4.19. The van der Waals surface area contributed by atoms with Crippen LogP contribution >= 0.6 is 0 Å². The summed E-state index contributed by atoms with van der Waals surface area (Å²) in [6, 6.07) is -1.01. The molecule has 0 spiro atoms. The minimum absolute atomic E-state index is 0.0952. The Morgan fingerprint density at radius 1 is 1.44 bits per heavy atom. The van der Waals surface area contributed by atoms with Gasteiger partial charge in [0, 0.05) is 0 Å². The molecule has 0 unspecified atom stereocenters. The van der Waals surface area contributed by atoms with E-state index in [0.29, 0.717) is 11.3 Å². The van der Waals surface area contributed by atoms with Crippen molar-refractivity contribution in [1.82, 2.24) is 15.5 Å². The molecule has 98 valence electrons. The van der Waals surface area contributed by atoms with Gasteiger partial charge in [0.05, 0.1) is 5.69 Å². The van der Waals surface area contributed by atoms with Gasteiger partial charge in [0.15, 0.2) is 0 Å². The monoisotopic (exact) mass is 253 g/mol. The molecule has 0 saturated carbocycles. The number of carboxylic acids is 1. The number of hydrogen-bond donors (Lipinski definition) is 3. The highest BCUT2D eigenvalue weighted by molar-refractivity contribution is 5.97. The average Bonchev–Trinajstić information content (AvgIpc) is 2.31. The topological polar surface area (TPSA) is 112 Å². The molecule has 0 saturated heterocycles. The van der Waals surface area contributed by atoms with Crippen molar-refractivity contribution in [2.45, 2.75) is 33.2 Å². The number of carbonyl (C=O) groups excluding carboxylic acids is 1. The second-order valence-electron chi connectivity index (χ2n) is 3.91. The Morgan fingerprint density at radius 2 is 2.06 bits per heavy atom. The first-order chi connectivity index (χ1) is 8.38. The molecule has 3 N–H and O–H groups in total. The first-order valence-electron chi connectivity index (χ1n) is 5.48. The first kappa shape index (κ1) is 13.9. The van der Waals surface area contributed by atoms with Crippen molar-refractivity contribution in [1.29, 1.82) is 0 Å². The van der Waals surface area contributed by atoms with Crippen LogP contribution in [0.2, 0.25) is 0 Å². The fraction of sp³-hybridized carbons (Fsp3) is 0.455. The van der Waals surface area contributed by atoms with Crippen molar-refractivity contribution in [3.05, 3.63) is 27.2 Å². The lowest BCUT2D eigenvalue weighted by molar-refractivity contribution is -0.139. The summed E-state index contributed by atoms with van der Waals surface area (Å²) in [6.07, 6.45) is 0.238. The standard InChI is InChI=1S/C11H15N3O4/c1-4-7(11(17)18)12-9(15)8-5(2)6(3)13-14-10(8)16/h7H,4H2,1-3H3,(H,12,15)(H,14,16)(H,17,18)/t7-/m1/s1. The third kappa shape index (κ3) is 2.73. The van der Waals surface area contributed by atoms with Crippen molar-refractivity contribution < 1.29 is 14.7 Å². The zero-order valence-corrected chi connectivity index (χ0v) is 10.4. The fourth-order valence-electron chi connectivity index (χ4n) is 1.47. The maximum atomic E-state index is 11.9. The zero-order valence-electron chi connectivity index (χ0n) is 10.4. The summed E-state index contributed by atoms with van der Waals surface area (Å²) in [7, 11) is 0. The molecule has 1 rings (SSSR count). The molecule has 1 atom stereocenters. The zero-order chi connectivity index (χ0) is 13.9. The highest BCUT2D eigenvalue weighted by atomic mass is 16.4. The van der Waals surface area contributed by atoms with E-state index in [1.54, 1.807) is 20.8 Å². The van der Waals surface area contributed by atoms with Crippen LogP contribution in [0.25, 0.3) is 0 Å². The van der Waals surface area contributed by atoms with Crippen LogP contribution in [0.3, 0.4) is 0 Å². The predicted molar refractivity (Wildman–Crippen MR) is 63.5 cm³/mol. The van der Waals surface area contributed by atoms with Gasteiger partial charge in [-0.3, -0.25) is 9.59 Å². The van der Waals surface area contributed by atoms with Gasteiger partial charge < -0.3 is 10.4 Å². The van der Waals surface area contributed by atoms with E-state index in [4.69, 9.17) is 5.11 Å². The molecule has 1 aromatic rings. The Balaban J connectivity index is 3.09. The van der Waals surface area contributed by atoms with E-state index in [9.17, 15) is 14.4 Å². The van der Waals surface area contributed by atoms with Gasteiger partial charge in [-0.25, -0.2) is 9.89 Å². The Labute approximate surface area is 103 Å².